The molecule has 5 heteroatoms. The Kier molecular flexibility index (Phi) is 4.20. The fourth-order valence-corrected chi connectivity index (χ4v) is 1.25. The van der Waals surface area contributed by atoms with E-state index in [1.807, 2.05) is 0 Å². The first-order chi connectivity index (χ1) is 7.15. The number of nitrogens with two attached hydrogens (primary N) is 1. The Labute approximate surface area is 88.0 Å². The SMILES string of the molecule is COCCC(N)c1ccc([N+](=O)[O-])cc1. The zero-order chi connectivity index (χ0) is 11.3. The second-order valence-electron chi connectivity index (χ2n) is 3.24. The number of hydrogen-bond donors (Lipinski definition) is 1. The van der Waals surface area contributed by atoms with Crippen molar-refractivity contribution in [2.24, 2.45) is 5.73 Å². The average molecular weight is 210 g/mol. The van der Waals surface area contributed by atoms with Gasteiger partial charge in [0.1, 0.15) is 0 Å². The van der Waals surface area contributed by atoms with Crippen molar-refractivity contribution in [1.29, 1.82) is 0 Å². The number of nitro groups is 1. The highest BCUT2D eigenvalue weighted by atomic mass is 16.6. The van der Waals surface area contributed by atoms with Gasteiger partial charge in [0.05, 0.1) is 4.92 Å². The number of benzene rings is 1. The van der Waals surface area contributed by atoms with E-state index in [1.54, 1.807) is 19.2 Å². The van der Waals surface area contributed by atoms with Crippen LogP contribution in [-0.2, 0) is 4.74 Å². The summed E-state index contributed by atoms with van der Waals surface area (Å²) in [5, 5.41) is 10.4. The Hall–Kier alpha value is -1.46. The second kappa shape index (κ2) is 5.43. The van der Waals surface area contributed by atoms with Crippen molar-refractivity contribution in [3.8, 4) is 0 Å². The van der Waals surface area contributed by atoms with E-state index in [4.69, 9.17) is 10.5 Å². The van der Waals surface area contributed by atoms with E-state index in [9.17, 15) is 10.1 Å². The Morgan fingerprint density at radius 2 is 2.07 bits per heavy atom. The quantitative estimate of drug-likeness (QED) is 0.591. The lowest BCUT2D eigenvalue weighted by atomic mass is 10.1. The van der Waals surface area contributed by atoms with E-state index in [0.717, 1.165) is 5.56 Å². The third kappa shape index (κ3) is 3.30. The lowest BCUT2D eigenvalue weighted by Gasteiger charge is -2.10. The second-order valence-corrected chi connectivity index (χ2v) is 3.24. The van der Waals surface area contributed by atoms with Gasteiger partial charge >= 0.3 is 0 Å². The van der Waals surface area contributed by atoms with Gasteiger partial charge in [-0.3, -0.25) is 10.1 Å². The van der Waals surface area contributed by atoms with Gasteiger partial charge < -0.3 is 10.5 Å². The number of nitrogens with zero attached hydrogens (tertiary/aromatic N) is 1. The van der Waals surface area contributed by atoms with Crippen LogP contribution in [0, 0.1) is 10.1 Å². The topological polar surface area (TPSA) is 78.4 Å². The highest BCUT2D eigenvalue weighted by Gasteiger charge is 2.08. The van der Waals surface area contributed by atoms with Gasteiger partial charge in [-0.1, -0.05) is 12.1 Å². The zero-order valence-corrected chi connectivity index (χ0v) is 8.55. The van der Waals surface area contributed by atoms with Crippen molar-refractivity contribution in [2.75, 3.05) is 13.7 Å². The van der Waals surface area contributed by atoms with Gasteiger partial charge in [0, 0.05) is 31.9 Å². The van der Waals surface area contributed by atoms with E-state index in [0.29, 0.717) is 13.0 Å². The average Bonchev–Trinajstić information content (AvgIpc) is 2.26. The van der Waals surface area contributed by atoms with Gasteiger partial charge in [-0.15, -0.1) is 0 Å². The Morgan fingerprint density at radius 3 is 2.53 bits per heavy atom. The maximum absolute atomic E-state index is 10.4. The van der Waals surface area contributed by atoms with E-state index in [1.165, 1.54) is 12.1 Å². The Morgan fingerprint density at radius 1 is 1.47 bits per heavy atom. The predicted octanol–water partition coefficient (Wildman–Crippen LogP) is 1.63. The van der Waals surface area contributed by atoms with E-state index in [-0.39, 0.29) is 11.7 Å². The molecule has 0 spiro atoms. The van der Waals surface area contributed by atoms with E-state index < -0.39 is 4.92 Å². The fraction of sp³-hybridized carbons (Fsp3) is 0.400. The van der Waals surface area contributed by atoms with E-state index in [2.05, 4.69) is 0 Å². The van der Waals surface area contributed by atoms with Crippen LogP contribution in [-0.4, -0.2) is 18.6 Å². The van der Waals surface area contributed by atoms with Gasteiger partial charge in [0.15, 0.2) is 0 Å². The zero-order valence-electron chi connectivity index (χ0n) is 8.55. The maximum Gasteiger partial charge on any atom is 0.269 e. The van der Waals surface area contributed by atoms with Crippen LogP contribution in [0.5, 0.6) is 0 Å². The predicted molar refractivity (Wildman–Crippen MR) is 56.5 cm³/mol. The van der Waals surface area contributed by atoms with Crippen molar-refractivity contribution in [3.05, 3.63) is 39.9 Å². The van der Waals surface area contributed by atoms with Crippen LogP contribution in [0.15, 0.2) is 24.3 Å². The van der Waals surface area contributed by atoms with Crippen molar-refractivity contribution < 1.29 is 9.66 Å². The smallest absolute Gasteiger partial charge is 0.269 e. The largest absolute Gasteiger partial charge is 0.385 e. The highest BCUT2D eigenvalue weighted by Crippen LogP contribution is 2.18. The molecule has 0 saturated heterocycles. The minimum atomic E-state index is -0.426. The molecule has 2 N–H and O–H groups in total. The molecular formula is C10H14N2O3. The molecule has 0 saturated carbocycles. The number of ether oxygens (including phenoxy) is 1. The van der Waals surface area contributed by atoms with Crippen LogP contribution in [0.25, 0.3) is 0 Å². The molecule has 1 aromatic rings. The summed E-state index contributed by atoms with van der Waals surface area (Å²) in [4.78, 5) is 9.98. The first kappa shape index (κ1) is 11.6. The van der Waals surface area contributed by atoms with Gasteiger partial charge in [0.25, 0.3) is 5.69 Å². The number of hydrogen-bond acceptors (Lipinski definition) is 4. The van der Waals surface area contributed by atoms with Gasteiger partial charge in [-0.2, -0.15) is 0 Å². The van der Waals surface area contributed by atoms with E-state index >= 15 is 0 Å². The van der Waals surface area contributed by atoms with Crippen LogP contribution < -0.4 is 5.73 Å². The summed E-state index contributed by atoms with van der Waals surface area (Å²) in [6.45, 7) is 0.582. The molecule has 1 rings (SSSR count). The normalized spacial score (nSPS) is 12.4. The number of methoxy groups -OCH3 is 1. The molecule has 1 atom stereocenters. The Bertz CT molecular complexity index is 324. The lowest BCUT2D eigenvalue weighted by Crippen LogP contribution is -2.12. The summed E-state index contributed by atoms with van der Waals surface area (Å²) in [6.07, 6.45) is 0.703. The molecule has 0 aromatic heterocycles. The van der Waals surface area contributed by atoms with Gasteiger partial charge in [0.2, 0.25) is 0 Å². The van der Waals surface area contributed by atoms with Crippen LogP contribution in [0.2, 0.25) is 0 Å². The minimum Gasteiger partial charge on any atom is -0.385 e. The number of non-ortho nitro benzene ring substituents is 1. The van der Waals surface area contributed by atoms with Crippen molar-refractivity contribution >= 4 is 5.69 Å². The molecule has 0 amide bonds. The first-order valence-corrected chi connectivity index (χ1v) is 4.64. The monoisotopic (exact) mass is 210 g/mol. The molecule has 1 unspecified atom stereocenters. The molecule has 0 aliphatic rings. The summed E-state index contributed by atoms with van der Waals surface area (Å²) in [7, 11) is 1.61. The summed E-state index contributed by atoms with van der Waals surface area (Å²) in [5.74, 6) is 0. The first-order valence-electron chi connectivity index (χ1n) is 4.64. The molecule has 0 aliphatic heterocycles. The summed E-state index contributed by atoms with van der Waals surface area (Å²) >= 11 is 0. The third-order valence-electron chi connectivity index (χ3n) is 2.17. The third-order valence-corrected chi connectivity index (χ3v) is 2.17. The van der Waals surface area contributed by atoms with Crippen LogP contribution in [0.1, 0.15) is 18.0 Å². The summed E-state index contributed by atoms with van der Waals surface area (Å²) in [6, 6.07) is 6.15. The summed E-state index contributed by atoms with van der Waals surface area (Å²) < 4.78 is 4.91. The van der Waals surface area contributed by atoms with Crippen molar-refractivity contribution in [1.82, 2.24) is 0 Å². The maximum atomic E-state index is 10.4. The van der Waals surface area contributed by atoms with Crippen LogP contribution >= 0.6 is 0 Å². The number of nitro benzene ring substituents is 1. The van der Waals surface area contributed by atoms with Crippen LogP contribution in [0.4, 0.5) is 5.69 Å². The van der Waals surface area contributed by atoms with Crippen LogP contribution in [0.3, 0.4) is 0 Å². The standard InChI is InChI=1S/C10H14N2O3/c1-15-7-6-10(11)8-2-4-9(5-3-8)12(13)14/h2-5,10H,6-7,11H2,1H3. The molecule has 15 heavy (non-hydrogen) atoms. The molecular weight excluding hydrogens is 196 g/mol. The Balaban J connectivity index is 2.66. The molecule has 82 valence electrons. The minimum absolute atomic E-state index is 0.0812. The van der Waals surface area contributed by atoms with Crippen molar-refractivity contribution in [2.45, 2.75) is 12.5 Å². The molecule has 5 nitrogen and oxygen atoms in total. The fourth-order valence-electron chi connectivity index (χ4n) is 1.25. The van der Waals surface area contributed by atoms with Gasteiger partial charge in [-0.25, -0.2) is 0 Å². The highest BCUT2D eigenvalue weighted by molar-refractivity contribution is 5.34. The molecule has 0 aliphatic carbocycles. The summed E-state index contributed by atoms with van der Waals surface area (Å²) in [5.41, 5.74) is 6.83. The molecule has 0 heterocycles. The van der Waals surface area contributed by atoms with Gasteiger partial charge in [-0.05, 0) is 12.0 Å². The molecule has 0 radical (unpaired) electrons. The molecule has 1 aromatic carbocycles. The molecule has 0 fully saturated rings. The van der Waals surface area contributed by atoms with Crippen molar-refractivity contribution in [3.63, 3.8) is 0 Å². The number of rotatable bonds is 5. The lowest BCUT2D eigenvalue weighted by molar-refractivity contribution is -0.384. The molecule has 0 bridgehead atoms.